The second-order valence-electron chi connectivity index (χ2n) is 5.44. The van der Waals surface area contributed by atoms with Gasteiger partial charge < -0.3 is 15.2 Å². The minimum absolute atomic E-state index is 0.0643. The second-order valence-corrected chi connectivity index (χ2v) is 5.44. The Morgan fingerprint density at radius 3 is 2.82 bits per heavy atom. The molecule has 2 amide bonds. The summed E-state index contributed by atoms with van der Waals surface area (Å²) in [4.78, 5) is 24.0. The molecule has 1 aromatic carbocycles. The monoisotopic (exact) mass is 299 g/mol. The van der Waals surface area contributed by atoms with Crippen molar-refractivity contribution < 1.29 is 14.1 Å². The summed E-state index contributed by atoms with van der Waals surface area (Å²) in [6.45, 7) is 2.05. The Balaban J connectivity index is 1.61. The average Bonchev–Trinajstić information content (AvgIpc) is 3.23. The molecular weight excluding hydrogens is 282 g/mol. The van der Waals surface area contributed by atoms with Crippen molar-refractivity contribution in [1.29, 1.82) is 0 Å². The van der Waals surface area contributed by atoms with E-state index < -0.39 is 0 Å². The zero-order chi connectivity index (χ0) is 15.5. The predicted octanol–water partition coefficient (Wildman–Crippen LogP) is 1.81. The number of rotatable bonds is 5. The van der Waals surface area contributed by atoms with Crippen molar-refractivity contribution in [2.24, 2.45) is 0 Å². The molecule has 0 aliphatic heterocycles. The van der Waals surface area contributed by atoms with E-state index in [2.05, 4.69) is 15.8 Å². The quantitative estimate of drug-likeness (QED) is 0.882. The van der Waals surface area contributed by atoms with Gasteiger partial charge in [0.15, 0.2) is 0 Å². The Morgan fingerprint density at radius 1 is 1.32 bits per heavy atom. The van der Waals surface area contributed by atoms with Gasteiger partial charge >= 0.3 is 0 Å². The lowest BCUT2D eigenvalue weighted by molar-refractivity contribution is 0.0944. The summed E-state index contributed by atoms with van der Waals surface area (Å²) >= 11 is 0. The standard InChI is InChI=1S/C16H17N3O3/c1-10-14(9-22-19-10)16(21)17-8-11-3-2-4-12(7-11)15(20)18-13-5-6-13/h2-4,7,9,13H,5-6,8H2,1H3,(H,17,21)(H,18,20). The van der Waals surface area contributed by atoms with Crippen LogP contribution in [0.3, 0.4) is 0 Å². The average molecular weight is 299 g/mol. The summed E-state index contributed by atoms with van der Waals surface area (Å²) in [6, 6.07) is 7.57. The van der Waals surface area contributed by atoms with Gasteiger partial charge in [0, 0.05) is 18.2 Å². The van der Waals surface area contributed by atoms with Gasteiger partial charge in [-0.25, -0.2) is 0 Å². The van der Waals surface area contributed by atoms with E-state index in [0.29, 0.717) is 29.4 Å². The van der Waals surface area contributed by atoms with Crippen molar-refractivity contribution >= 4 is 11.8 Å². The van der Waals surface area contributed by atoms with Crippen LogP contribution in [0.1, 0.15) is 44.8 Å². The lowest BCUT2D eigenvalue weighted by atomic mass is 10.1. The summed E-state index contributed by atoms with van der Waals surface area (Å²) in [5.74, 6) is -0.308. The van der Waals surface area contributed by atoms with Gasteiger partial charge in [-0.1, -0.05) is 17.3 Å². The molecule has 1 aromatic heterocycles. The fourth-order valence-electron chi connectivity index (χ4n) is 2.11. The molecule has 22 heavy (non-hydrogen) atoms. The van der Waals surface area contributed by atoms with Crippen molar-refractivity contribution in [3.63, 3.8) is 0 Å². The first kappa shape index (κ1) is 14.3. The van der Waals surface area contributed by atoms with Gasteiger partial charge in [-0.3, -0.25) is 9.59 Å². The Kier molecular flexibility index (Phi) is 3.91. The van der Waals surface area contributed by atoms with Gasteiger partial charge in [-0.05, 0) is 37.5 Å². The van der Waals surface area contributed by atoms with Crippen LogP contribution >= 0.6 is 0 Å². The van der Waals surface area contributed by atoms with Crippen molar-refractivity contribution in [1.82, 2.24) is 15.8 Å². The van der Waals surface area contributed by atoms with Crippen LogP contribution in [0.4, 0.5) is 0 Å². The molecule has 0 radical (unpaired) electrons. The third kappa shape index (κ3) is 3.33. The molecular formula is C16H17N3O3. The molecule has 0 unspecified atom stereocenters. The van der Waals surface area contributed by atoms with E-state index in [0.717, 1.165) is 18.4 Å². The summed E-state index contributed by atoms with van der Waals surface area (Å²) in [6.07, 6.45) is 3.43. The number of benzene rings is 1. The molecule has 6 nitrogen and oxygen atoms in total. The van der Waals surface area contributed by atoms with Crippen molar-refractivity contribution in [3.8, 4) is 0 Å². The maximum Gasteiger partial charge on any atom is 0.256 e. The molecule has 1 heterocycles. The lowest BCUT2D eigenvalue weighted by Gasteiger charge is -2.07. The largest absolute Gasteiger partial charge is 0.364 e. The molecule has 1 aliphatic carbocycles. The highest BCUT2D eigenvalue weighted by molar-refractivity contribution is 5.95. The summed E-state index contributed by atoms with van der Waals surface area (Å²) < 4.78 is 4.75. The van der Waals surface area contributed by atoms with E-state index in [1.807, 2.05) is 12.1 Å². The van der Waals surface area contributed by atoms with Crippen molar-refractivity contribution in [2.45, 2.75) is 32.4 Å². The number of amides is 2. The van der Waals surface area contributed by atoms with Gasteiger partial charge in [-0.2, -0.15) is 0 Å². The molecule has 0 atom stereocenters. The fourth-order valence-corrected chi connectivity index (χ4v) is 2.11. The minimum atomic E-state index is -0.244. The number of carbonyl (C=O) groups excluding carboxylic acids is 2. The lowest BCUT2D eigenvalue weighted by Crippen LogP contribution is -2.26. The van der Waals surface area contributed by atoms with Crippen LogP contribution in [0.25, 0.3) is 0 Å². The molecule has 2 aromatic rings. The molecule has 3 rings (SSSR count). The molecule has 0 spiro atoms. The second kappa shape index (κ2) is 6.01. The summed E-state index contributed by atoms with van der Waals surface area (Å²) in [5.41, 5.74) is 2.45. The van der Waals surface area contributed by atoms with Gasteiger partial charge in [0.2, 0.25) is 0 Å². The maximum atomic E-state index is 12.0. The Bertz CT molecular complexity index is 704. The minimum Gasteiger partial charge on any atom is -0.364 e. The van der Waals surface area contributed by atoms with Crippen LogP contribution < -0.4 is 10.6 Å². The highest BCUT2D eigenvalue weighted by atomic mass is 16.5. The zero-order valence-electron chi connectivity index (χ0n) is 12.3. The van der Waals surface area contributed by atoms with Gasteiger partial charge in [-0.15, -0.1) is 0 Å². The molecule has 0 saturated heterocycles. The molecule has 114 valence electrons. The number of nitrogens with one attached hydrogen (secondary N) is 2. The smallest absolute Gasteiger partial charge is 0.256 e. The van der Waals surface area contributed by atoms with Crippen LogP contribution in [-0.4, -0.2) is 23.0 Å². The first-order valence-electron chi connectivity index (χ1n) is 7.22. The zero-order valence-corrected chi connectivity index (χ0v) is 12.3. The predicted molar refractivity (Wildman–Crippen MR) is 79.3 cm³/mol. The number of nitrogens with zero attached hydrogens (tertiary/aromatic N) is 1. The van der Waals surface area contributed by atoms with E-state index in [4.69, 9.17) is 4.52 Å². The Labute approximate surface area is 127 Å². The van der Waals surface area contributed by atoms with E-state index in [1.165, 1.54) is 6.26 Å². The number of hydrogen-bond acceptors (Lipinski definition) is 4. The van der Waals surface area contributed by atoms with Crippen LogP contribution in [0.2, 0.25) is 0 Å². The van der Waals surface area contributed by atoms with Gasteiger partial charge in [0.05, 0.1) is 5.69 Å². The summed E-state index contributed by atoms with van der Waals surface area (Å²) in [7, 11) is 0. The summed E-state index contributed by atoms with van der Waals surface area (Å²) in [5, 5.41) is 9.41. The fraction of sp³-hybridized carbons (Fsp3) is 0.312. The van der Waals surface area contributed by atoms with Crippen LogP contribution in [0.15, 0.2) is 35.1 Å². The Hall–Kier alpha value is -2.63. The molecule has 1 saturated carbocycles. The van der Waals surface area contributed by atoms with Crippen molar-refractivity contribution in [3.05, 3.63) is 52.9 Å². The topological polar surface area (TPSA) is 84.2 Å². The molecule has 2 N–H and O–H groups in total. The number of aromatic nitrogens is 1. The first-order chi connectivity index (χ1) is 10.6. The number of carbonyl (C=O) groups is 2. The Morgan fingerprint density at radius 2 is 2.14 bits per heavy atom. The molecule has 0 bridgehead atoms. The molecule has 1 aliphatic rings. The van der Waals surface area contributed by atoms with E-state index in [9.17, 15) is 9.59 Å². The highest BCUT2D eigenvalue weighted by Crippen LogP contribution is 2.19. The number of hydrogen-bond donors (Lipinski definition) is 2. The van der Waals surface area contributed by atoms with Crippen molar-refractivity contribution in [2.75, 3.05) is 0 Å². The van der Waals surface area contributed by atoms with E-state index in [1.54, 1.807) is 19.1 Å². The molecule has 6 heteroatoms. The van der Waals surface area contributed by atoms with Gasteiger partial charge in [0.25, 0.3) is 11.8 Å². The maximum absolute atomic E-state index is 12.0. The first-order valence-corrected chi connectivity index (χ1v) is 7.22. The van der Waals surface area contributed by atoms with Crippen LogP contribution in [0, 0.1) is 6.92 Å². The third-order valence-electron chi connectivity index (χ3n) is 3.55. The van der Waals surface area contributed by atoms with Crippen LogP contribution in [0.5, 0.6) is 0 Å². The van der Waals surface area contributed by atoms with E-state index >= 15 is 0 Å². The normalized spacial score (nSPS) is 13.7. The van der Waals surface area contributed by atoms with Crippen LogP contribution in [-0.2, 0) is 6.54 Å². The SMILES string of the molecule is Cc1nocc1C(=O)NCc1cccc(C(=O)NC2CC2)c1. The van der Waals surface area contributed by atoms with E-state index in [-0.39, 0.29) is 11.8 Å². The highest BCUT2D eigenvalue weighted by Gasteiger charge is 2.23. The van der Waals surface area contributed by atoms with Gasteiger partial charge in [0.1, 0.15) is 11.8 Å². The third-order valence-corrected chi connectivity index (χ3v) is 3.55. The molecule has 1 fully saturated rings. The number of aryl methyl sites for hydroxylation is 1.